The number of hydrogen-bond donors (Lipinski definition) is 1. The van der Waals surface area contributed by atoms with Crippen molar-refractivity contribution in [1.82, 2.24) is 4.31 Å². The standard InChI is InChI=1S/C12H13N3O5S/c13-8-11-12(16)2-1-7-14(11)21(19,20)10-5-3-9(4-6-10)15(17)18/h3-6,11-12,16H,1-2,7H2/t11-,12+/m0/s1. The number of benzene rings is 1. The molecule has 1 N–H and O–H groups in total. The van der Waals surface area contributed by atoms with Gasteiger partial charge in [0.1, 0.15) is 6.04 Å². The second-order valence-corrected chi connectivity index (χ2v) is 6.54. The average molecular weight is 311 g/mol. The summed E-state index contributed by atoms with van der Waals surface area (Å²) in [6.45, 7) is 0.134. The number of nitro groups is 1. The zero-order valence-electron chi connectivity index (χ0n) is 10.9. The molecule has 1 aliphatic heterocycles. The Kier molecular flexibility index (Phi) is 4.22. The quantitative estimate of drug-likeness (QED) is 0.645. The maximum absolute atomic E-state index is 12.5. The van der Waals surface area contributed by atoms with Gasteiger partial charge in [0, 0.05) is 18.7 Å². The van der Waals surface area contributed by atoms with Gasteiger partial charge < -0.3 is 5.11 Å². The van der Waals surface area contributed by atoms with Crippen molar-refractivity contribution in [3.63, 3.8) is 0 Å². The summed E-state index contributed by atoms with van der Waals surface area (Å²) in [5, 5.41) is 29.4. The maximum atomic E-state index is 12.5. The number of hydrogen-bond acceptors (Lipinski definition) is 6. The number of aliphatic hydroxyl groups excluding tert-OH is 1. The lowest BCUT2D eigenvalue weighted by atomic mass is 10.0. The van der Waals surface area contributed by atoms with E-state index >= 15 is 0 Å². The minimum Gasteiger partial charge on any atom is -0.390 e. The predicted octanol–water partition coefficient (Wildman–Crippen LogP) is 0.632. The number of nitriles is 1. The zero-order chi connectivity index (χ0) is 15.6. The summed E-state index contributed by atoms with van der Waals surface area (Å²) in [5.41, 5.74) is -0.218. The van der Waals surface area contributed by atoms with Gasteiger partial charge in [0.05, 0.1) is 22.0 Å². The number of nitrogens with zero attached hydrogens (tertiary/aromatic N) is 3. The molecule has 112 valence electrons. The summed E-state index contributed by atoms with van der Waals surface area (Å²) in [6.07, 6.45) is -0.215. The smallest absolute Gasteiger partial charge is 0.269 e. The van der Waals surface area contributed by atoms with E-state index in [2.05, 4.69) is 0 Å². The summed E-state index contributed by atoms with van der Waals surface area (Å²) in [7, 11) is -3.97. The molecule has 0 aromatic heterocycles. The van der Waals surface area contributed by atoms with Crippen molar-refractivity contribution >= 4 is 15.7 Å². The van der Waals surface area contributed by atoms with E-state index in [9.17, 15) is 23.6 Å². The molecule has 1 aromatic carbocycles. The number of non-ortho nitro benzene ring substituents is 1. The lowest BCUT2D eigenvalue weighted by Crippen LogP contribution is -2.50. The molecule has 1 aromatic rings. The summed E-state index contributed by atoms with van der Waals surface area (Å²) >= 11 is 0. The molecule has 1 heterocycles. The van der Waals surface area contributed by atoms with Gasteiger partial charge in [0.15, 0.2) is 0 Å². The topological polar surface area (TPSA) is 125 Å². The third kappa shape index (κ3) is 2.87. The number of rotatable bonds is 3. The van der Waals surface area contributed by atoms with Crippen LogP contribution in [0, 0.1) is 21.4 Å². The summed E-state index contributed by atoms with van der Waals surface area (Å²) in [5.74, 6) is 0. The van der Waals surface area contributed by atoms with Crippen LogP contribution >= 0.6 is 0 Å². The molecule has 0 unspecified atom stereocenters. The molecule has 1 aliphatic rings. The second-order valence-electron chi connectivity index (χ2n) is 4.65. The highest BCUT2D eigenvalue weighted by molar-refractivity contribution is 7.89. The van der Waals surface area contributed by atoms with Gasteiger partial charge in [0.2, 0.25) is 10.0 Å². The van der Waals surface area contributed by atoms with Crippen molar-refractivity contribution in [3.8, 4) is 6.07 Å². The van der Waals surface area contributed by atoms with Crippen LogP contribution in [0.1, 0.15) is 12.8 Å². The van der Waals surface area contributed by atoms with Crippen LogP contribution in [0.2, 0.25) is 0 Å². The van der Waals surface area contributed by atoms with Crippen molar-refractivity contribution in [2.45, 2.75) is 29.9 Å². The molecule has 0 spiro atoms. The summed E-state index contributed by atoms with van der Waals surface area (Å²) in [4.78, 5) is 9.81. The Hall–Kier alpha value is -2.02. The number of nitro benzene ring substituents is 1. The predicted molar refractivity (Wildman–Crippen MR) is 71.6 cm³/mol. The zero-order valence-corrected chi connectivity index (χ0v) is 11.7. The minimum absolute atomic E-state index is 0.134. The van der Waals surface area contributed by atoms with Gasteiger partial charge in [-0.25, -0.2) is 8.42 Å². The molecular formula is C12H13N3O5S. The first-order valence-electron chi connectivity index (χ1n) is 6.22. The Bertz CT molecular complexity index is 680. The van der Waals surface area contributed by atoms with Gasteiger partial charge in [-0.05, 0) is 25.0 Å². The Morgan fingerprint density at radius 3 is 2.52 bits per heavy atom. The number of piperidine rings is 1. The van der Waals surface area contributed by atoms with Crippen LogP contribution in [0.25, 0.3) is 0 Å². The van der Waals surface area contributed by atoms with Crippen molar-refractivity contribution in [1.29, 1.82) is 5.26 Å². The van der Waals surface area contributed by atoms with E-state index in [1.807, 2.05) is 0 Å². The van der Waals surface area contributed by atoms with E-state index in [-0.39, 0.29) is 17.1 Å². The Labute approximate surface area is 121 Å². The summed E-state index contributed by atoms with van der Waals surface area (Å²) < 4.78 is 25.9. The van der Waals surface area contributed by atoms with Gasteiger partial charge in [-0.2, -0.15) is 9.57 Å². The molecule has 0 radical (unpaired) electrons. The Morgan fingerprint density at radius 1 is 1.38 bits per heavy atom. The molecule has 1 fully saturated rings. The van der Waals surface area contributed by atoms with Crippen LogP contribution in [0.3, 0.4) is 0 Å². The lowest BCUT2D eigenvalue weighted by Gasteiger charge is -2.33. The number of sulfonamides is 1. The first-order chi connectivity index (χ1) is 9.87. The molecule has 21 heavy (non-hydrogen) atoms. The van der Waals surface area contributed by atoms with Gasteiger partial charge in [0.25, 0.3) is 5.69 Å². The molecule has 9 heteroatoms. The fourth-order valence-electron chi connectivity index (χ4n) is 2.24. The average Bonchev–Trinajstić information content (AvgIpc) is 2.47. The molecule has 1 saturated heterocycles. The molecule has 2 atom stereocenters. The van der Waals surface area contributed by atoms with Crippen molar-refractivity contribution in [2.24, 2.45) is 0 Å². The van der Waals surface area contributed by atoms with Crippen LogP contribution in [-0.2, 0) is 10.0 Å². The van der Waals surface area contributed by atoms with E-state index in [1.165, 1.54) is 0 Å². The highest BCUT2D eigenvalue weighted by atomic mass is 32.2. The van der Waals surface area contributed by atoms with E-state index in [1.54, 1.807) is 6.07 Å². The minimum atomic E-state index is -3.97. The molecule has 0 aliphatic carbocycles. The fraction of sp³-hybridized carbons (Fsp3) is 0.417. The molecule has 0 amide bonds. The summed E-state index contributed by atoms with van der Waals surface area (Å²) in [6, 6.07) is 5.10. The van der Waals surface area contributed by atoms with Crippen LogP contribution < -0.4 is 0 Å². The third-order valence-electron chi connectivity index (χ3n) is 3.34. The Morgan fingerprint density at radius 2 is 2.00 bits per heavy atom. The van der Waals surface area contributed by atoms with Gasteiger partial charge in [-0.1, -0.05) is 0 Å². The highest BCUT2D eigenvalue weighted by Crippen LogP contribution is 2.26. The van der Waals surface area contributed by atoms with Gasteiger partial charge >= 0.3 is 0 Å². The van der Waals surface area contributed by atoms with Crippen LogP contribution in [0.4, 0.5) is 5.69 Å². The molecular weight excluding hydrogens is 298 g/mol. The first-order valence-corrected chi connectivity index (χ1v) is 7.66. The van der Waals surface area contributed by atoms with E-state index in [4.69, 9.17) is 5.26 Å². The van der Waals surface area contributed by atoms with E-state index in [0.717, 1.165) is 28.6 Å². The lowest BCUT2D eigenvalue weighted by molar-refractivity contribution is -0.384. The SMILES string of the molecule is N#C[C@H]1[C@H](O)CCCN1S(=O)(=O)c1ccc([N+](=O)[O-])cc1. The molecule has 8 nitrogen and oxygen atoms in total. The number of aliphatic hydroxyl groups is 1. The van der Waals surface area contributed by atoms with E-state index in [0.29, 0.717) is 12.8 Å². The fourth-order valence-corrected chi connectivity index (χ4v) is 3.85. The van der Waals surface area contributed by atoms with Crippen molar-refractivity contribution in [3.05, 3.63) is 34.4 Å². The molecule has 0 saturated carbocycles. The van der Waals surface area contributed by atoms with Crippen LogP contribution in [-0.4, -0.2) is 41.4 Å². The van der Waals surface area contributed by atoms with Crippen molar-refractivity contribution < 1.29 is 18.4 Å². The Balaban J connectivity index is 2.37. The maximum Gasteiger partial charge on any atom is 0.269 e. The largest absolute Gasteiger partial charge is 0.390 e. The van der Waals surface area contributed by atoms with Gasteiger partial charge in [-0.3, -0.25) is 10.1 Å². The molecule has 2 rings (SSSR count). The first kappa shape index (κ1) is 15.4. The second kappa shape index (κ2) is 5.77. The third-order valence-corrected chi connectivity index (χ3v) is 5.23. The van der Waals surface area contributed by atoms with Gasteiger partial charge in [-0.15, -0.1) is 0 Å². The molecule has 0 bridgehead atoms. The van der Waals surface area contributed by atoms with E-state index < -0.39 is 27.1 Å². The monoisotopic (exact) mass is 311 g/mol. The van der Waals surface area contributed by atoms with Crippen molar-refractivity contribution in [2.75, 3.05) is 6.54 Å². The highest BCUT2D eigenvalue weighted by Gasteiger charge is 2.38. The van der Waals surface area contributed by atoms with Crippen LogP contribution in [0.5, 0.6) is 0 Å². The normalized spacial score (nSPS) is 23.4. The van der Waals surface area contributed by atoms with Crippen LogP contribution in [0.15, 0.2) is 29.2 Å².